The zero-order valence-corrected chi connectivity index (χ0v) is 8.66. The molecule has 1 atom stereocenters. The molecule has 0 saturated carbocycles. The molecule has 2 N–H and O–H groups in total. The summed E-state index contributed by atoms with van der Waals surface area (Å²) in [5.74, 6) is 0.481. The van der Waals surface area contributed by atoms with Gasteiger partial charge in [0.15, 0.2) is 11.6 Å². The van der Waals surface area contributed by atoms with E-state index in [9.17, 15) is 4.39 Å². The predicted molar refractivity (Wildman–Crippen MR) is 53.8 cm³/mol. The van der Waals surface area contributed by atoms with Gasteiger partial charge in [-0.3, -0.25) is 0 Å². The molecule has 0 spiro atoms. The largest absolute Gasteiger partial charge is 0.381 e. The molecule has 1 unspecified atom stereocenters. The molecule has 4 nitrogen and oxygen atoms in total. The normalized spacial score (nSPS) is 20.8. The Kier molecular flexibility index (Phi) is 2.81. The monoisotopic (exact) mass is 211 g/mol. The molecule has 1 aliphatic heterocycles. The highest BCUT2D eigenvalue weighted by Crippen LogP contribution is 2.18. The van der Waals surface area contributed by atoms with Gasteiger partial charge in [-0.15, -0.1) is 0 Å². The molecule has 1 aromatic heterocycles. The SMILES string of the molecule is Cc1nc(CC2CCOC2)nc(N)c1F. The van der Waals surface area contributed by atoms with Gasteiger partial charge < -0.3 is 10.5 Å². The van der Waals surface area contributed by atoms with Gasteiger partial charge in [-0.05, 0) is 19.3 Å². The van der Waals surface area contributed by atoms with Gasteiger partial charge in [0.25, 0.3) is 0 Å². The third-order valence-corrected chi connectivity index (χ3v) is 2.58. The Hall–Kier alpha value is -1.23. The molecule has 0 aromatic carbocycles. The highest BCUT2D eigenvalue weighted by Gasteiger charge is 2.18. The molecule has 1 fully saturated rings. The fourth-order valence-electron chi connectivity index (χ4n) is 1.73. The van der Waals surface area contributed by atoms with Crippen molar-refractivity contribution in [1.82, 2.24) is 9.97 Å². The number of aryl methyl sites for hydroxylation is 1. The molecule has 5 heteroatoms. The van der Waals surface area contributed by atoms with Crippen LogP contribution in [0.25, 0.3) is 0 Å². The number of nitrogens with two attached hydrogens (primary N) is 1. The first-order valence-corrected chi connectivity index (χ1v) is 5.03. The second-order valence-electron chi connectivity index (χ2n) is 3.86. The van der Waals surface area contributed by atoms with Crippen molar-refractivity contribution >= 4 is 5.82 Å². The van der Waals surface area contributed by atoms with Crippen LogP contribution in [-0.4, -0.2) is 23.2 Å². The quantitative estimate of drug-likeness (QED) is 0.795. The topological polar surface area (TPSA) is 61.0 Å². The molecule has 0 radical (unpaired) electrons. The summed E-state index contributed by atoms with van der Waals surface area (Å²) >= 11 is 0. The highest BCUT2D eigenvalue weighted by molar-refractivity contribution is 5.32. The van der Waals surface area contributed by atoms with Crippen LogP contribution in [0.3, 0.4) is 0 Å². The molecule has 1 aliphatic rings. The van der Waals surface area contributed by atoms with E-state index in [1.165, 1.54) is 0 Å². The van der Waals surface area contributed by atoms with E-state index in [0.29, 0.717) is 23.9 Å². The van der Waals surface area contributed by atoms with Gasteiger partial charge in [0.1, 0.15) is 5.82 Å². The first-order chi connectivity index (χ1) is 7.16. The summed E-state index contributed by atoms with van der Waals surface area (Å²) in [4.78, 5) is 8.01. The number of ether oxygens (including phenoxy) is 1. The molecule has 1 saturated heterocycles. The minimum absolute atomic E-state index is 0.0589. The smallest absolute Gasteiger partial charge is 0.186 e. The lowest BCUT2D eigenvalue weighted by Gasteiger charge is -2.08. The average Bonchev–Trinajstić information content (AvgIpc) is 2.66. The van der Waals surface area contributed by atoms with Crippen LogP contribution < -0.4 is 5.73 Å². The molecule has 15 heavy (non-hydrogen) atoms. The van der Waals surface area contributed by atoms with Gasteiger partial charge in [0.05, 0.1) is 5.69 Å². The first kappa shape index (κ1) is 10.3. The number of aromatic nitrogens is 2. The Morgan fingerprint density at radius 1 is 1.53 bits per heavy atom. The first-order valence-electron chi connectivity index (χ1n) is 5.03. The number of halogens is 1. The number of nitrogen functional groups attached to an aromatic ring is 1. The Morgan fingerprint density at radius 3 is 2.93 bits per heavy atom. The summed E-state index contributed by atoms with van der Waals surface area (Å²) in [7, 11) is 0. The van der Waals surface area contributed by atoms with Crippen molar-refractivity contribution in [3.63, 3.8) is 0 Å². The summed E-state index contributed by atoms with van der Waals surface area (Å²) in [6, 6.07) is 0. The lowest BCUT2D eigenvalue weighted by atomic mass is 10.0. The third-order valence-electron chi connectivity index (χ3n) is 2.58. The van der Waals surface area contributed by atoms with Crippen molar-refractivity contribution in [2.45, 2.75) is 19.8 Å². The van der Waals surface area contributed by atoms with Crippen LogP contribution in [0, 0.1) is 18.7 Å². The van der Waals surface area contributed by atoms with E-state index in [0.717, 1.165) is 19.6 Å². The lowest BCUT2D eigenvalue weighted by molar-refractivity contribution is 0.185. The Labute approximate surface area is 87.7 Å². The minimum atomic E-state index is -0.513. The standard InChI is InChI=1S/C10H14FN3O/c1-6-9(11)10(12)14-8(13-6)4-7-2-3-15-5-7/h7H,2-5H2,1H3,(H2,12,13,14). The number of hydrogen-bond donors (Lipinski definition) is 1. The van der Waals surface area contributed by atoms with Crippen LogP contribution in [0.5, 0.6) is 0 Å². The van der Waals surface area contributed by atoms with Crippen molar-refractivity contribution < 1.29 is 9.13 Å². The minimum Gasteiger partial charge on any atom is -0.381 e. The van der Waals surface area contributed by atoms with E-state index < -0.39 is 5.82 Å². The Bertz CT molecular complexity index is 341. The van der Waals surface area contributed by atoms with E-state index in [4.69, 9.17) is 10.5 Å². The molecule has 82 valence electrons. The molecular formula is C10H14FN3O. The molecule has 0 amide bonds. The van der Waals surface area contributed by atoms with Crippen LogP contribution in [0.4, 0.5) is 10.2 Å². The van der Waals surface area contributed by atoms with Gasteiger partial charge in [-0.2, -0.15) is 0 Å². The van der Waals surface area contributed by atoms with Gasteiger partial charge >= 0.3 is 0 Å². The van der Waals surface area contributed by atoms with Crippen molar-refractivity contribution in [2.75, 3.05) is 18.9 Å². The Balaban J connectivity index is 2.14. The van der Waals surface area contributed by atoms with Crippen molar-refractivity contribution in [1.29, 1.82) is 0 Å². The summed E-state index contributed by atoms with van der Waals surface area (Å²) in [6.45, 7) is 3.13. The number of hydrogen-bond acceptors (Lipinski definition) is 4. The average molecular weight is 211 g/mol. The van der Waals surface area contributed by atoms with E-state index in [1.807, 2.05) is 0 Å². The number of anilines is 1. The third kappa shape index (κ3) is 2.23. The summed E-state index contributed by atoms with van der Waals surface area (Å²) < 4.78 is 18.4. The van der Waals surface area contributed by atoms with E-state index in [2.05, 4.69) is 9.97 Å². The van der Waals surface area contributed by atoms with E-state index in [1.54, 1.807) is 6.92 Å². The molecule has 2 rings (SSSR count). The van der Waals surface area contributed by atoms with Crippen molar-refractivity contribution in [3.05, 3.63) is 17.3 Å². The van der Waals surface area contributed by atoms with Crippen molar-refractivity contribution in [2.24, 2.45) is 5.92 Å². The van der Waals surface area contributed by atoms with Crippen LogP contribution in [0.15, 0.2) is 0 Å². The second-order valence-corrected chi connectivity index (χ2v) is 3.86. The second kappa shape index (κ2) is 4.10. The van der Waals surface area contributed by atoms with Gasteiger partial charge in [0, 0.05) is 19.6 Å². The predicted octanol–water partition coefficient (Wildman–Crippen LogP) is 1.09. The number of rotatable bonds is 2. The van der Waals surface area contributed by atoms with Gasteiger partial charge in [-0.25, -0.2) is 14.4 Å². The maximum Gasteiger partial charge on any atom is 0.186 e. The van der Waals surface area contributed by atoms with E-state index in [-0.39, 0.29) is 5.82 Å². The van der Waals surface area contributed by atoms with Gasteiger partial charge in [0.2, 0.25) is 0 Å². The zero-order chi connectivity index (χ0) is 10.8. The molecular weight excluding hydrogens is 197 g/mol. The summed E-state index contributed by atoms with van der Waals surface area (Å²) in [6.07, 6.45) is 1.73. The zero-order valence-electron chi connectivity index (χ0n) is 8.66. The molecule has 0 aliphatic carbocycles. The highest BCUT2D eigenvalue weighted by atomic mass is 19.1. The van der Waals surface area contributed by atoms with Crippen LogP contribution in [0.1, 0.15) is 17.9 Å². The summed E-state index contributed by atoms with van der Waals surface area (Å²) in [5, 5.41) is 0. The molecule has 0 bridgehead atoms. The maximum absolute atomic E-state index is 13.1. The Morgan fingerprint density at radius 2 is 2.33 bits per heavy atom. The summed E-state index contributed by atoms with van der Waals surface area (Å²) in [5.41, 5.74) is 5.75. The lowest BCUT2D eigenvalue weighted by Crippen LogP contribution is -2.11. The van der Waals surface area contributed by atoms with Crippen molar-refractivity contribution in [3.8, 4) is 0 Å². The van der Waals surface area contributed by atoms with Crippen LogP contribution >= 0.6 is 0 Å². The fourth-order valence-corrected chi connectivity index (χ4v) is 1.73. The molecule has 1 aromatic rings. The van der Waals surface area contributed by atoms with Gasteiger partial charge in [-0.1, -0.05) is 0 Å². The molecule has 2 heterocycles. The maximum atomic E-state index is 13.1. The van der Waals surface area contributed by atoms with Crippen LogP contribution in [-0.2, 0) is 11.2 Å². The van der Waals surface area contributed by atoms with Crippen LogP contribution in [0.2, 0.25) is 0 Å². The van der Waals surface area contributed by atoms with E-state index >= 15 is 0 Å². The fraction of sp³-hybridized carbons (Fsp3) is 0.600. The number of nitrogens with zero attached hydrogens (tertiary/aromatic N) is 2.